The van der Waals surface area contributed by atoms with E-state index in [2.05, 4.69) is 4.98 Å². The van der Waals surface area contributed by atoms with Gasteiger partial charge in [0.1, 0.15) is 11.8 Å². The van der Waals surface area contributed by atoms with Gasteiger partial charge < -0.3 is 15.6 Å². The molecule has 0 fully saturated rings. The molecule has 2 rings (SSSR count). The number of pyridine rings is 1. The van der Waals surface area contributed by atoms with E-state index in [1.165, 1.54) is 0 Å². The molecular weight excluding hydrogens is 244 g/mol. The van der Waals surface area contributed by atoms with Gasteiger partial charge in [0.2, 0.25) is 0 Å². The molecule has 0 spiro atoms. The number of aliphatic carboxylic acids is 1. The van der Waals surface area contributed by atoms with Gasteiger partial charge in [-0.05, 0) is 43.2 Å². The number of aryl methyl sites for hydroxylation is 1. The Morgan fingerprint density at radius 2 is 2.21 bits per heavy atom. The molecule has 0 aliphatic rings. The fourth-order valence-corrected chi connectivity index (χ4v) is 2.04. The van der Waals surface area contributed by atoms with Gasteiger partial charge in [-0.15, -0.1) is 0 Å². The molecule has 1 unspecified atom stereocenters. The minimum absolute atomic E-state index is 0.266. The van der Waals surface area contributed by atoms with E-state index in [0.29, 0.717) is 5.75 Å². The summed E-state index contributed by atoms with van der Waals surface area (Å²) in [4.78, 5) is 15.3. The summed E-state index contributed by atoms with van der Waals surface area (Å²) in [6.07, 6.45) is 0.266. The molecule has 0 radical (unpaired) electrons. The van der Waals surface area contributed by atoms with E-state index < -0.39 is 12.0 Å². The number of methoxy groups -OCH3 is 1. The second kappa shape index (κ2) is 5.24. The fraction of sp³-hybridized carbons (Fsp3) is 0.286. The molecule has 5 nitrogen and oxygen atoms in total. The van der Waals surface area contributed by atoms with Crippen LogP contribution < -0.4 is 10.5 Å². The number of fused-ring (bicyclic) bond motifs is 1. The maximum Gasteiger partial charge on any atom is 0.320 e. The molecular formula is C14H16N2O3. The van der Waals surface area contributed by atoms with Crippen molar-refractivity contribution in [3.63, 3.8) is 0 Å². The molecule has 0 saturated carbocycles. The normalized spacial score (nSPS) is 12.4. The lowest BCUT2D eigenvalue weighted by atomic mass is 10.0. The van der Waals surface area contributed by atoms with E-state index in [-0.39, 0.29) is 6.42 Å². The van der Waals surface area contributed by atoms with Gasteiger partial charge >= 0.3 is 5.97 Å². The standard InChI is InChI=1S/C14H16N2O3/c1-8-5-9(6-12(15)14(17)18)11-7-10(19-2)3-4-13(11)16-8/h3-5,7,12H,6,15H2,1-2H3,(H,17,18). The van der Waals surface area contributed by atoms with Crippen LogP contribution in [0.4, 0.5) is 0 Å². The molecule has 19 heavy (non-hydrogen) atoms. The molecule has 0 aliphatic carbocycles. The van der Waals surface area contributed by atoms with E-state index in [4.69, 9.17) is 15.6 Å². The van der Waals surface area contributed by atoms with E-state index in [1.54, 1.807) is 7.11 Å². The van der Waals surface area contributed by atoms with Crippen LogP contribution in [0.25, 0.3) is 10.9 Å². The number of benzene rings is 1. The Kier molecular flexibility index (Phi) is 3.66. The molecule has 1 aromatic carbocycles. The Morgan fingerprint density at radius 3 is 2.84 bits per heavy atom. The Labute approximate surface area is 111 Å². The molecule has 1 aromatic heterocycles. The number of hydrogen-bond donors (Lipinski definition) is 2. The number of aromatic nitrogens is 1. The lowest BCUT2D eigenvalue weighted by Crippen LogP contribution is -2.32. The second-order valence-electron chi connectivity index (χ2n) is 4.45. The minimum atomic E-state index is -1.01. The Bertz CT molecular complexity index is 625. The zero-order valence-corrected chi connectivity index (χ0v) is 10.9. The summed E-state index contributed by atoms with van der Waals surface area (Å²) in [5.41, 5.74) is 8.13. The monoisotopic (exact) mass is 260 g/mol. The molecule has 0 saturated heterocycles. The molecule has 1 heterocycles. The van der Waals surface area contributed by atoms with Gasteiger partial charge in [0.05, 0.1) is 12.6 Å². The van der Waals surface area contributed by atoms with Gasteiger partial charge in [0.25, 0.3) is 0 Å². The average Bonchev–Trinajstić information content (AvgIpc) is 2.38. The van der Waals surface area contributed by atoms with Gasteiger partial charge in [-0.25, -0.2) is 0 Å². The first-order valence-corrected chi connectivity index (χ1v) is 5.94. The van der Waals surface area contributed by atoms with E-state index in [1.807, 2.05) is 31.2 Å². The van der Waals surface area contributed by atoms with E-state index in [0.717, 1.165) is 22.2 Å². The predicted octanol–water partition coefficient (Wildman–Crippen LogP) is 1.51. The fourth-order valence-electron chi connectivity index (χ4n) is 2.04. The minimum Gasteiger partial charge on any atom is -0.497 e. The van der Waals surface area contributed by atoms with Gasteiger partial charge in [-0.2, -0.15) is 0 Å². The first-order valence-electron chi connectivity index (χ1n) is 5.94. The van der Waals surface area contributed by atoms with Gasteiger partial charge in [-0.3, -0.25) is 9.78 Å². The van der Waals surface area contributed by atoms with Crippen molar-refractivity contribution in [1.29, 1.82) is 0 Å². The predicted molar refractivity (Wildman–Crippen MR) is 72.3 cm³/mol. The second-order valence-corrected chi connectivity index (χ2v) is 4.45. The van der Waals surface area contributed by atoms with Crippen LogP contribution in [-0.2, 0) is 11.2 Å². The zero-order chi connectivity index (χ0) is 14.0. The largest absolute Gasteiger partial charge is 0.497 e. The lowest BCUT2D eigenvalue weighted by molar-refractivity contribution is -0.138. The van der Waals surface area contributed by atoms with Crippen molar-refractivity contribution in [2.45, 2.75) is 19.4 Å². The van der Waals surface area contributed by atoms with Crippen molar-refractivity contribution in [1.82, 2.24) is 4.98 Å². The first-order chi connectivity index (χ1) is 9.01. The summed E-state index contributed by atoms with van der Waals surface area (Å²) in [5.74, 6) is -0.297. The zero-order valence-electron chi connectivity index (χ0n) is 10.9. The summed E-state index contributed by atoms with van der Waals surface area (Å²) < 4.78 is 5.18. The number of hydrogen-bond acceptors (Lipinski definition) is 4. The Hall–Kier alpha value is -2.14. The highest BCUT2D eigenvalue weighted by Crippen LogP contribution is 2.24. The van der Waals surface area contributed by atoms with Crippen molar-refractivity contribution < 1.29 is 14.6 Å². The summed E-state index contributed by atoms with van der Waals surface area (Å²) in [6.45, 7) is 1.87. The van der Waals surface area contributed by atoms with Crippen LogP contribution in [0.15, 0.2) is 24.3 Å². The van der Waals surface area contributed by atoms with Gasteiger partial charge in [-0.1, -0.05) is 0 Å². The number of nitrogens with zero attached hydrogens (tertiary/aromatic N) is 1. The average molecular weight is 260 g/mol. The van der Waals surface area contributed by atoms with Crippen LogP contribution in [0.5, 0.6) is 5.75 Å². The number of rotatable bonds is 4. The van der Waals surface area contributed by atoms with Crippen LogP contribution in [0.2, 0.25) is 0 Å². The number of carboxylic acid groups (broad SMARTS) is 1. The quantitative estimate of drug-likeness (QED) is 0.870. The summed E-state index contributed by atoms with van der Waals surface area (Å²) >= 11 is 0. The van der Waals surface area contributed by atoms with Crippen LogP contribution >= 0.6 is 0 Å². The van der Waals surface area contributed by atoms with Crippen molar-refractivity contribution >= 4 is 16.9 Å². The topological polar surface area (TPSA) is 85.4 Å². The molecule has 0 amide bonds. The third-order valence-electron chi connectivity index (χ3n) is 2.99. The number of ether oxygens (including phenoxy) is 1. The van der Waals surface area contributed by atoms with Crippen molar-refractivity contribution in [2.24, 2.45) is 5.73 Å². The van der Waals surface area contributed by atoms with Crippen molar-refractivity contribution in [2.75, 3.05) is 7.11 Å². The summed E-state index contributed by atoms with van der Waals surface area (Å²) in [6, 6.07) is 6.49. The molecule has 5 heteroatoms. The lowest BCUT2D eigenvalue weighted by Gasteiger charge is -2.11. The maximum atomic E-state index is 10.9. The van der Waals surface area contributed by atoms with E-state index >= 15 is 0 Å². The highest BCUT2D eigenvalue weighted by Gasteiger charge is 2.15. The van der Waals surface area contributed by atoms with Crippen LogP contribution in [0, 0.1) is 6.92 Å². The highest BCUT2D eigenvalue weighted by molar-refractivity contribution is 5.85. The molecule has 2 aromatic rings. The molecule has 0 aliphatic heterocycles. The third kappa shape index (κ3) is 2.82. The molecule has 0 bridgehead atoms. The van der Waals surface area contributed by atoms with Crippen LogP contribution in [0.1, 0.15) is 11.3 Å². The van der Waals surface area contributed by atoms with Crippen LogP contribution in [0.3, 0.4) is 0 Å². The Balaban J connectivity index is 2.53. The van der Waals surface area contributed by atoms with Crippen LogP contribution in [-0.4, -0.2) is 29.2 Å². The van der Waals surface area contributed by atoms with Gasteiger partial charge in [0.15, 0.2) is 0 Å². The molecule has 100 valence electrons. The smallest absolute Gasteiger partial charge is 0.320 e. The number of carbonyl (C=O) groups is 1. The van der Waals surface area contributed by atoms with E-state index in [9.17, 15) is 4.79 Å². The van der Waals surface area contributed by atoms with Crippen molar-refractivity contribution in [3.8, 4) is 5.75 Å². The molecule has 3 N–H and O–H groups in total. The number of carboxylic acids is 1. The first kappa shape index (κ1) is 13.3. The van der Waals surface area contributed by atoms with Crippen molar-refractivity contribution in [3.05, 3.63) is 35.5 Å². The Morgan fingerprint density at radius 1 is 1.47 bits per heavy atom. The number of nitrogens with two attached hydrogens (primary N) is 1. The summed E-state index contributed by atoms with van der Waals surface area (Å²) in [5, 5.41) is 9.80. The summed E-state index contributed by atoms with van der Waals surface area (Å²) in [7, 11) is 1.59. The highest BCUT2D eigenvalue weighted by atomic mass is 16.5. The SMILES string of the molecule is COc1ccc2nc(C)cc(CC(N)C(=O)O)c2c1. The van der Waals surface area contributed by atoms with Gasteiger partial charge in [0, 0.05) is 11.1 Å². The molecule has 1 atom stereocenters. The third-order valence-corrected chi connectivity index (χ3v) is 2.99. The maximum absolute atomic E-state index is 10.9.